The zero-order valence-corrected chi connectivity index (χ0v) is 15.1. The van der Waals surface area contributed by atoms with Crippen LogP contribution in [-0.4, -0.2) is 39.0 Å². The number of aliphatic imine (C=N–C) groups is 1. The van der Waals surface area contributed by atoms with Gasteiger partial charge in [-0.25, -0.2) is 13.6 Å². The first-order valence-corrected chi connectivity index (χ1v) is 10.4. The molecule has 0 aromatic heterocycles. The van der Waals surface area contributed by atoms with E-state index in [1.807, 2.05) is 11.8 Å². The number of thioether (sulfide) groups is 1. The number of guanidine groups is 1. The van der Waals surface area contributed by atoms with Crippen molar-refractivity contribution >= 4 is 27.7 Å². The first-order valence-electron chi connectivity index (χ1n) is 7.54. The Balaban J connectivity index is 1.86. The molecule has 8 heteroatoms. The van der Waals surface area contributed by atoms with Gasteiger partial charge in [0.05, 0.1) is 4.90 Å². The second-order valence-electron chi connectivity index (χ2n) is 5.63. The van der Waals surface area contributed by atoms with Gasteiger partial charge in [0.25, 0.3) is 0 Å². The first-order chi connectivity index (χ1) is 10.9. The van der Waals surface area contributed by atoms with Gasteiger partial charge in [0, 0.05) is 24.9 Å². The van der Waals surface area contributed by atoms with E-state index >= 15 is 0 Å². The summed E-state index contributed by atoms with van der Waals surface area (Å²) >= 11 is 1.92. The van der Waals surface area contributed by atoms with Gasteiger partial charge in [-0.15, -0.1) is 0 Å². The first kappa shape index (κ1) is 18.1. The van der Waals surface area contributed by atoms with E-state index in [1.165, 1.54) is 18.6 Å². The Kier molecular flexibility index (Phi) is 6.32. The average molecular weight is 357 g/mol. The third-order valence-corrected chi connectivity index (χ3v) is 6.02. The predicted octanol–water partition coefficient (Wildman–Crippen LogP) is 1.28. The molecule has 23 heavy (non-hydrogen) atoms. The summed E-state index contributed by atoms with van der Waals surface area (Å²) in [6.45, 7) is 0.573. The van der Waals surface area contributed by atoms with E-state index in [9.17, 15) is 8.42 Å². The standard InChI is InChI=1S/C15H24N4O2S2/c1-17-15(19-12-5-6-13(9-12)22-2)18-10-11-3-7-14(8-4-11)23(16,20)21/h3-4,7-8,12-13H,5-6,9-10H2,1-2H3,(H2,16,20,21)(H2,17,18,19). The maximum Gasteiger partial charge on any atom is 0.238 e. The molecule has 0 aliphatic heterocycles. The molecule has 1 fully saturated rings. The minimum Gasteiger partial charge on any atom is -0.354 e. The lowest BCUT2D eigenvalue weighted by Crippen LogP contribution is -2.42. The normalized spacial score (nSPS) is 22.1. The fourth-order valence-electron chi connectivity index (χ4n) is 2.66. The van der Waals surface area contributed by atoms with Crippen LogP contribution in [0.3, 0.4) is 0 Å². The number of hydrogen-bond donors (Lipinski definition) is 3. The second-order valence-corrected chi connectivity index (χ2v) is 8.33. The Morgan fingerprint density at radius 3 is 2.57 bits per heavy atom. The topological polar surface area (TPSA) is 96.6 Å². The minimum absolute atomic E-state index is 0.123. The molecule has 0 saturated heterocycles. The van der Waals surface area contributed by atoms with E-state index in [1.54, 1.807) is 19.2 Å². The molecule has 1 aromatic carbocycles. The van der Waals surface area contributed by atoms with Crippen LogP contribution in [0.1, 0.15) is 24.8 Å². The second kappa shape index (κ2) is 8.03. The van der Waals surface area contributed by atoms with Gasteiger partial charge in [0.2, 0.25) is 10.0 Å². The number of sulfonamides is 1. The average Bonchev–Trinajstić information content (AvgIpc) is 2.98. The van der Waals surface area contributed by atoms with E-state index in [4.69, 9.17) is 5.14 Å². The predicted molar refractivity (Wildman–Crippen MR) is 96.1 cm³/mol. The summed E-state index contributed by atoms with van der Waals surface area (Å²) in [6, 6.07) is 6.99. The van der Waals surface area contributed by atoms with Gasteiger partial charge in [-0.2, -0.15) is 11.8 Å². The van der Waals surface area contributed by atoms with Crippen molar-refractivity contribution in [3.8, 4) is 0 Å². The van der Waals surface area contributed by atoms with Gasteiger partial charge >= 0.3 is 0 Å². The Hall–Kier alpha value is -1.25. The fourth-order valence-corrected chi connectivity index (χ4v) is 3.97. The maximum atomic E-state index is 11.2. The highest BCUT2D eigenvalue weighted by atomic mass is 32.2. The minimum atomic E-state index is -3.64. The Morgan fingerprint density at radius 2 is 2.04 bits per heavy atom. The number of nitrogens with zero attached hydrogens (tertiary/aromatic N) is 1. The molecule has 0 amide bonds. The molecule has 6 nitrogen and oxygen atoms in total. The van der Waals surface area contributed by atoms with Crippen LogP contribution in [0, 0.1) is 0 Å². The van der Waals surface area contributed by atoms with Crippen molar-refractivity contribution in [2.24, 2.45) is 10.1 Å². The van der Waals surface area contributed by atoms with Gasteiger partial charge in [-0.05, 0) is 43.2 Å². The third-order valence-electron chi connectivity index (χ3n) is 3.99. The van der Waals surface area contributed by atoms with Gasteiger partial charge in [0.1, 0.15) is 0 Å². The van der Waals surface area contributed by atoms with E-state index < -0.39 is 10.0 Å². The van der Waals surface area contributed by atoms with Crippen molar-refractivity contribution in [3.63, 3.8) is 0 Å². The summed E-state index contributed by atoms with van der Waals surface area (Å²) in [5.74, 6) is 0.771. The van der Waals surface area contributed by atoms with Crippen molar-refractivity contribution in [2.75, 3.05) is 13.3 Å². The Bertz CT molecular complexity index is 644. The molecule has 0 heterocycles. The lowest BCUT2D eigenvalue weighted by Gasteiger charge is -2.17. The van der Waals surface area contributed by atoms with Crippen molar-refractivity contribution in [2.45, 2.75) is 42.0 Å². The van der Waals surface area contributed by atoms with Crippen LogP contribution in [0.2, 0.25) is 0 Å². The fraction of sp³-hybridized carbons (Fsp3) is 0.533. The van der Waals surface area contributed by atoms with Gasteiger partial charge in [0.15, 0.2) is 5.96 Å². The van der Waals surface area contributed by atoms with E-state index in [0.717, 1.165) is 29.6 Å². The van der Waals surface area contributed by atoms with E-state index in [0.29, 0.717) is 12.6 Å². The monoisotopic (exact) mass is 356 g/mol. The van der Waals surface area contributed by atoms with Crippen LogP contribution >= 0.6 is 11.8 Å². The van der Waals surface area contributed by atoms with Crippen LogP contribution < -0.4 is 15.8 Å². The number of rotatable bonds is 5. The highest BCUT2D eigenvalue weighted by Gasteiger charge is 2.24. The molecular formula is C15H24N4O2S2. The van der Waals surface area contributed by atoms with Crippen LogP contribution in [0.25, 0.3) is 0 Å². The van der Waals surface area contributed by atoms with Crippen molar-refractivity contribution < 1.29 is 8.42 Å². The van der Waals surface area contributed by atoms with Gasteiger partial charge in [-0.3, -0.25) is 4.99 Å². The van der Waals surface area contributed by atoms with Crippen LogP contribution in [0.4, 0.5) is 0 Å². The van der Waals surface area contributed by atoms with Crippen LogP contribution in [0.5, 0.6) is 0 Å². The summed E-state index contributed by atoms with van der Waals surface area (Å²) in [6.07, 6.45) is 5.72. The molecule has 128 valence electrons. The van der Waals surface area contributed by atoms with E-state index in [2.05, 4.69) is 21.9 Å². The summed E-state index contributed by atoms with van der Waals surface area (Å²) < 4.78 is 22.5. The molecule has 0 radical (unpaired) electrons. The molecule has 0 bridgehead atoms. The van der Waals surface area contributed by atoms with Crippen LogP contribution in [0.15, 0.2) is 34.2 Å². The highest BCUT2D eigenvalue weighted by Crippen LogP contribution is 2.27. The molecule has 4 N–H and O–H groups in total. The van der Waals surface area contributed by atoms with Gasteiger partial charge < -0.3 is 10.6 Å². The SMILES string of the molecule is CN=C(NCc1ccc(S(N)(=O)=O)cc1)NC1CCC(SC)C1. The summed E-state index contributed by atoms with van der Waals surface area (Å²) in [5.41, 5.74) is 0.966. The molecule has 0 spiro atoms. The highest BCUT2D eigenvalue weighted by molar-refractivity contribution is 7.99. The summed E-state index contributed by atoms with van der Waals surface area (Å²) in [7, 11) is -1.89. The molecule has 1 aliphatic rings. The summed E-state index contributed by atoms with van der Waals surface area (Å²) in [5, 5.41) is 12.5. The van der Waals surface area contributed by atoms with Crippen molar-refractivity contribution in [3.05, 3.63) is 29.8 Å². The number of primary sulfonamides is 1. The largest absolute Gasteiger partial charge is 0.354 e. The molecule has 1 aromatic rings. The third kappa shape index (κ3) is 5.40. The summed E-state index contributed by atoms with van der Waals surface area (Å²) in [4.78, 5) is 4.37. The van der Waals surface area contributed by atoms with Crippen LogP contribution in [-0.2, 0) is 16.6 Å². The van der Waals surface area contributed by atoms with E-state index in [-0.39, 0.29) is 4.90 Å². The number of nitrogens with two attached hydrogens (primary N) is 1. The molecule has 1 aliphatic carbocycles. The molecule has 2 unspecified atom stereocenters. The quantitative estimate of drug-likeness (QED) is 0.545. The van der Waals surface area contributed by atoms with Crippen molar-refractivity contribution in [1.82, 2.24) is 10.6 Å². The van der Waals surface area contributed by atoms with Crippen molar-refractivity contribution in [1.29, 1.82) is 0 Å². The maximum absolute atomic E-state index is 11.2. The Morgan fingerprint density at radius 1 is 1.35 bits per heavy atom. The zero-order chi connectivity index (χ0) is 16.9. The zero-order valence-electron chi connectivity index (χ0n) is 13.5. The number of hydrogen-bond acceptors (Lipinski definition) is 4. The Labute approximate surface area is 142 Å². The lowest BCUT2D eigenvalue weighted by atomic mass is 10.2. The molecule has 2 rings (SSSR count). The smallest absolute Gasteiger partial charge is 0.238 e. The van der Waals surface area contributed by atoms with Gasteiger partial charge in [-0.1, -0.05) is 12.1 Å². The molecule has 2 atom stereocenters. The molecular weight excluding hydrogens is 332 g/mol. The number of benzene rings is 1. The molecule has 1 saturated carbocycles. The number of nitrogens with one attached hydrogen (secondary N) is 2. The lowest BCUT2D eigenvalue weighted by molar-refractivity contribution is 0.597.